The first-order valence-corrected chi connectivity index (χ1v) is 8.85. The molecule has 27 heavy (non-hydrogen) atoms. The van der Waals surface area contributed by atoms with Gasteiger partial charge in [-0.2, -0.15) is 5.26 Å². The van der Waals surface area contributed by atoms with Crippen LogP contribution in [0.15, 0.2) is 42.5 Å². The lowest BCUT2D eigenvalue weighted by Gasteiger charge is -2.29. The molecule has 1 heterocycles. The van der Waals surface area contributed by atoms with Gasteiger partial charge in [-0.15, -0.1) is 0 Å². The molecule has 1 aliphatic heterocycles. The molecule has 0 N–H and O–H groups in total. The van der Waals surface area contributed by atoms with Gasteiger partial charge in [-0.1, -0.05) is 19.4 Å². The van der Waals surface area contributed by atoms with Crippen LogP contribution >= 0.6 is 0 Å². The Labute approximate surface area is 157 Å². The summed E-state index contributed by atoms with van der Waals surface area (Å²) in [5.74, 6) is -0.651. The zero-order chi connectivity index (χ0) is 19.2. The number of ether oxygens (including phenoxy) is 3. The van der Waals surface area contributed by atoms with E-state index in [1.165, 1.54) is 36.4 Å². The fraction of sp³-hybridized carbons (Fsp3) is 0.333. The van der Waals surface area contributed by atoms with Crippen molar-refractivity contribution in [3.05, 3.63) is 65.0 Å². The van der Waals surface area contributed by atoms with Crippen molar-refractivity contribution in [3.63, 3.8) is 0 Å². The summed E-state index contributed by atoms with van der Waals surface area (Å²) in [4.78, 5) is 12.2. The van der Waals surface area contributed by atoms with Gasteiger partial charge in [0.2, 0.25) is 0 Å². The van der Waals surface area contributed by atoms with E-state index in [0.29, 0.717) is 24.7 Å². The van der Waals surface area contributed by atoms with Crippen molar-refractivity contribution in [1.29, 1.82) is 5.26 Å². The van der Waals surface area contributed by atoms with Crippen LogP contribution in [0.1, 0.15) is 47.5 Å². The van der Waals surface area contributed by atoms with Crippen LogP contribution in [0.25, 0.3) is 0 Å². The highest BCUT2D eigenvalue weighted by Crippen LogP contribution is 2.29. The van der Waals surface area contributed by atoms with Crippen molar-refractivity contribution in [3.8, 4) is 11.8 Å². The second-order valence-electron chi connectivity index (χ2n) is 6.42. The lowest BCUT2D eigenvalue weighted by atomic mass is 10.0. The summed E-state index contributed by atoms with van der Waals surface area (Å²) in [6, 6.07) is 12.2. The molecule has 5 nitrogen and oxygen atoms in total. The molecular weight excluding hydrogens is 349 g/mol. The van der Waals surface area contributed by atoms with E-state index < -0.39 is 18.1 Å². The highest BCUT2D eigenvalue weighted by Gasteiger charge is 2.26. The van der Waals surface area contributed by atoms with E-state index in [9.17, 15) is 9.18 Å². The second-order valence-corrected chi connectivity index (χ2v) is 6.42. The molecule has 0 amide bonds. The van der Waals surface area contributed by atoms with Crippen molar-refractivity contribution in [2.75, 3.05) is 13.2 Å². The summed E-state index contributed by atoms with van der Waals surface area (Å²) < 4.78 is 30.9. The van der Waals surface area contributed by atoms with Crippen LogP contribution in [0.4, 0.5) is 4.39 Å². The number of hydrogen-bond acceptors (Lipinski definition) is 5. The van der Waals surface area contributed by atoms with Crippen molar-refractivity contribution < 1.29 is 23.4 Å². The molecule has 1 saturated heterocycles. The van der Waals surface area contributed by atoms with Crippen molar-refractivity contribution >= 4 is 5.97 Å². The number of rotatable bonds is 5. The van der Waals surface area contributed by atoms with Crippen LogP contribution in [0.3, 0.4) is 0 Å². The summed E-state index contributed by atoms with van der Waals surface area (Å²) >= 11 is 0. The Morgan fingerprint density at radius 2 is 1.93 bits per heavy atom. The molecule has 0 aliphatic carbocycles. The van der Waals surface area contributed by atoms with Crippen molar-refractivity contribution in [1.82, 2.24) is 0 Å². The molecule has 2 aromatic carbocycles. The van der Waals surface area contributed by atoms with Gasteiger partial charge in [0, 0.05) is 11.5 Å². The van der Waals surface area contributed by atoms with Gasteiger partial charge in [0.25, 0.3) is 0 Å². The topological polar surface area (TPSA) is 68.5 Å². The number of hydrogen-bond donors (Lipinski definition) is 0. The Bertz CT molecular complexity index is 836. The largest absolute Gasteiger partial charge is 0.423 e. The van der Waals surface area contributed by atoms with Gasteiger partial charge in [0.15, 0.2) is 6.29 Å². The molecule has 0 unspecified atom stereocenters. The predicted molar refractivity (Wildman–Crippen MR) is 95.6 cm³/mol. The third-order valence-corrected chi connectivity index (χ3v) is 4.35. The summed E-state index contributed by atoms with van der Waals surface area (Å²) in [7, 11) is 0. The second kappa shape index (κ2) is 8.76. The Morgan fingerprint density at radius 3 is 2.52 bits per heavy atom. The smallest absolute Gasteiger partial charge is 0.343 e. The van der Waals surface area contributed by atoms with E-state index in [1.807, 2.05) is 6.07 Å². The normalized spacial score (nSPS) is 19.3. The van der Waals surface area contributed by atoms with E-state index in [1.54, 1.807) is 0 Å². The number of esters is 1. The van der Waals surface area contributed by atoms with Crippen LogP contribution in [0.2, 0.25) is 0 Å². The van der Waals surface area contributed by atoms with Crippen molar-refractivity contribution in [2.45, 2.75) is 26.1 Å². The van der Waals surface area contributed by atoms with Crippen LogP contribution in [-0.2, 0) is 9.47 Å². The molecule has 0 saturated carbocycles. The Morgan fingerprint density at radius 1 is 1.22 bits per heavy atom. The zero-order valence-corrected chi connectivity index (χ0v) is 15.0. The Hall–Kier alpha value is -2.75. The molecule has 1 fully saturated rings. The van der Waals surface area contributed by atoms with Gasteiger partial charge in [-0.3, -0.25) is 0 Å². The van der Waals surface area contributed by atoms with Gasteiger partial charge in [0.05, 0.1) is 30.4 Å². The zero-order valence-electron chi connectivity index (χ0n) is 15.0. The number of carbonyl (C=O) groups excluding carboxylic acids is 1. The van der Waals surface area contributed by atoms with Gasteiger partial charge in [0.1, 0.15) is 11.6 Å². The predicted octanol–water partition coefficient (Wildman–Crippen LogP) is 4.38. The lowest BCUT2D eigenvalue weighted by Crippen LogP contribution is -2.27. The Balaban J connectivity index is 1.65. The summed E-state index contributed by atoms with van der Waals surface area (Å²) in [5, 5.41) is 8.77. The number of halogens is 1. The minimum absolute atomic E-state index is 0.0836. The molecule has 2 aromatic rings. The molecule has 6 heteroatoms. The molecule has 1 aliphatic rings. The molecule has 3 rings (SSSR count). The number of benzene rings is 2. The molecule has 0 spiro atoms. The average molecular weight is 369 g/mol. The van der Waals surface area contributed by atoms with Crippen LogP contribution in [-0.4, -0.2) is 19.2 Å². The maximum absolute atomic E-state index is 14.5. The monoisotopic (exact) mass is 369 g/mol. The fourth-order valence-electron chi connectivity index (χ4n) is 2.91. The van der Waals surface area contributed by atoms with Gasteiger partial charge >= 0.3 is 5.97 Å². The van der Waals surface area contributed by atoms with E-state index in [2.05, 4.69) is 6.92 Å². The number of nitrogens with zero attached hydrogens (tertiary/aromatic N) is 1. The quantitative estimate of drug-likeness (QED) is 0.578. The first-order chi connectivity index (χ1) is 13.1. The van der Waals surface area contributed by atoms with Crippen LogP contribution in [0.5, 0.6) is 5.75 Å². The molecule has 140 valence electrons. The molecule has 0 radical (unpaired) electrons. The van der Waals surface area contributed by atoms with E-state index in [4.69, 9.17) is 19.5 Å². The standard InChI is InChI=1S/C21H20FNO4/c1-2-3-15-12-25-21(26-13-15)18-9-6-16(10-19(18)22)20(24)27-17-7-4-14(11-23)5-8-17/h4-10,15,21H,2-3,12-13H2,1H3. The molecule has 0 aromatic heterocycles. The summed E-state index contributed by atoms with van der Waals surface area (Å²) in [6.07, 6.45) is 1.30. The van der Waals surface area contributed by atoms with E-state index in [0.717, 1.165) is 18.9 Å². The number of carbonyl (C=O) groups is 1. The van der Waals surface area contributed by atoms with Gasteiger partial charge in [-0.25, -0.2) is 9.18 Å². The fourth-order valence-corrected chi connectivity index (χ4v) is 2.91. The first kappa shape index (κ1) is 19.0. The lowest BCUT2D eigenvalue weighted by molar-refractivity contribution is -0.207. The highest BCUT2D eigenvalue weighted by molar-refractivity contribution is 5.91. The summed E-state index contributed by atoms with van der Waals surface area (Å²) in [5.41, 5.74) is 0.805. The van der Waals surface area contributed by atoms with E-state index in [-0.39, 0.29) is 16.9 Å². The maximum Gasteiger partial charge on any atom is 0.343 e. The SMILES string of the molecule is CCCC1COC(c2ccc(C(=O)Oc3ccc(C#N)cc3)cc2F)OC1. The molecular formula is C21H20FNO4. The molecule has 0 atom stereocenters. The van der Waals surface area contributed by atoms with Gasteiger partial charge in [-0.05, 0) is 42.8 Å². The van der Waals surface area contributed by atoms with Crippen LogP contribution < -0.4 is 4.74 Å². The minimum atomic E-state index is -0.762. The van der Waals surface area contributed by atoms with Gasteiger partial charge < -0.3 is 14.2 Å². The third-order valence-electron chi connectivity index (χ3n) is 4.35. The molecule has 0 bridgehead atoms. The Kier molecular flexibility index (Phi) is 6.17. The minimum Gasteiger partial charge on any atom is -0.423 e. The maximum atomic E-state index is 14.5. The van der Waals surface area contributed by atoms with Crippen LogP contribution in [0, 0.1) is 23.1 Å². The average Bonchev–Trinajstić information content (AvgIpc) is 2.69. The summed E-state index contributed by atoms with van der Waals surface area (Å²) in [6.45, 7) is 3.16. The van der Waals surface area contributed by atoms with Crippen molar-refractivity contribution in [2.24, 2.45) is 5.92 Å². The number of nitriles is 1. The van der Waals surface area contributed by atoms with E-state index >= 15 is 0 Å². The first-order valence-electron chi connectivity index (χ1n) is 8.85. The third kappa shape index (κ3) is 4.70. The highest BCUT2D eigenvalue weighted by atomic mass is 19.1.